The van der Waals surface area contributed by atoms with Crippen LogP contribution in [-0.4, -0.2) is 23.8 Å². The molecular weight excluding hydrogens is 187 g/mol. The van der Waals surface area contributed by atoms with Crippen molar-refractivity contribution in [1.29, 1.82) is 0 Å². The summed E-state index contributed by atoms with van der Waals surface area (Å²) in [5.41, 5.74) is -0.318. The largest absolute Gasteiger partial charge is 0.462 e. The van der Waals surface area contributed by atoms with E-state index in [0.717, 1.165) is 0 Å². The van der Waals surface area contributed by atoms with E-state index >= 15 is 0 Å². The number of hydrogen-bond donors (Lipinski definition) is 0. The van der Waals surface area contributed by atoms with Gasteiger partial charge in [-0.25, -0.2) is 0 Å². The molecule has 0 aliphatic carbocycles. The third-order valence-corrected chi connectivity index (χ3v) is 1.04. The van der Waals surface area contributed by atoms with Crippen LogP contribution in [0.1, 0.15) is 20.8 Å². The van der Waals surface area contributed by atoms with Crippen molar-refractivity contribution in [2.75, 3.05) is 11.8 Å². The smallest absolute Gasteiger partial charge is 0.293 e. The Balaban J connectivity index is 0. The highest BCUT2D eigenvalue weighted by molar-refractivity contribution is 6.25. The van der Waals surface area contributed by atoms with Gasteiger partial charge in [0.05, 0.1) is 0 Å². The lowest BCUT2D eigenvalue weighted by atomic mass is 10.2. The molecule has 0 saturated carbocycles. The lowest BCUT2D eigenvalue weighted by Gasteiger charge is -2.14. The summed E-state index contributed by atoms with van der Waals surface area (Å²) < 4.78 is 4.55. The van der Waals surface area contributed by atoms with Crippen molar-refractivity contribution in [3.63, 3.8) is 0 Å². The molecule has 0 unspecified atom stereocenters. The van der Waals surface area contributed by atoms with Gasteiger partial charge in [-0.05, 0) is 20.8 Å². The SMILES string of the molecule is CC(C)(C)OC=O.ClCCCl. The zero-order valence-electron chi connectivity index (χ0n) is 7.06. The Hall–Kier alpha value is 0.0500. The van der Waals surface area contributed by atoms with E-state index in [0.29, 0.717) is 18.2 Å². The molecule has 0 spiro atoms. The molecule has 4 heteroatoms. The van der Waals surface area contributed by atoms with Crippen molar-refractivity contribution in [2.24, 2.45) is 0 Å². The van der Waals surface area contributed by atoms with Crippen LogP contribution in [0.2, 0.25) is 0 Å². The Morgan fingerprint density at radius 3 is 1.64 bits per heavy atom. The maximum atomic E-state index is 9.60. The topological polar surface area (TPSA) is 26.3 Å². The van der Waals surface area contributed by atoms with E-state index in [1.54, 1.807) is 0 Å². The molecule has 0 amide bonds. The van der Waals surface area contributed by atoms with Crippen LogP contribution >= 0.6 is 23.2 Å². The fraction of sp³-hybridized carbons (Fsp3) is 0.857. The van der Waals surface area contributed by atoms with Gasteiger partial charge < -0.3 is 4.74 Å². The molecule has 0 atom stereocenters. The predicted octanol–water partition coefficient (Wildman–Crippen LogP) is 2.42. The molecule has 0 aromatic rings. The Morgan fingerprint density at radius 2 is 1.64 bits per heavy atom. The van der Waals surface area contributed by atoms with E-state index in [4.69, 9.17) is 23.2 Å². The van der Waals surface area contributed by atoms with E-state index in [9.17, 15) is 4.79 Å². The van der Waals surface area contributed by atoms with Gasteiger partial charge >= 0.3 is 0 Å². The first-order valence-electron chi connectivity index (χ1n) is 3.21. The fourth-order valence-electron chi connectivity index (χ4n) is 0.144. The summed E-state index contributed by atoms with van der Waals surface area (Å²) in [7, 11) is 0. The van der Waals surface area contributed by atoms with Gasteiger partial charge in [0.25, 0.3) is 6.47 Å². The highest BCUT2D eigenvalue weighted by Gasteiger charge is 2.07. The van der Waals surface area contributed by atoms with Crippen LogP contribution in [0.5, 0.6) is 0 Å². The number of rotatable bonds is 2. The fourth-order valence-corrected chi connectivity index (χ4v) is 0.144. The number of halogens is 2. The summed E-state index contributed by atoms with van der Waals surface area (Å²) in [5.74, 6) is 1.11. The molecule has 0 aliphatic heterocycles. The van der Waals surface area contributed by atoms with E-state index in [1.165, 1.54) is 0 Å². The number of carbonyl (C=O) groups is 1. The summed E-state index contributed by atoms with van der Waals surface area (Å²) >= 11 is 10.1. The summed E-state index contributed by atoms with van der Waals surface area (Å²) in [6.07, 6.45) is 0. The van der Waals surface area contributed by atoms with Gasteiger partial charge in [0.2, 0.25) is 0 Å². The highest BCUT2D eigenvalue weighted by Crippen LogP contribution is 2.02. The maximum absolute atomic E-state index is 9.60. The van der Waals surface area contributed by atoms with E-state index in [2.05, 4.69) is 4.74 Å². The number of ether oxygens (including phenoxy) is 1. The Kier molecular flexibility index (Phi) is 10.1. The maximum Gasteiger partial charge on any atom is 0.293 e. The zero-order chi connectivity index (χ0) is 9.33. The minimum Gasteiger partial charge on any atom is -0.462 e. The van der Waals surface area contributed by atoms with Crippen molar-refractivity contribution >= 4 is 29.7 Å². The second-order valence-electron chi connectivity index (χ2n) is 2.70. The highest BCUT2D eigenvalue weighted by atomic mass is 35.5. The van der Waals surface area contributed by atoms with Crippen molar-refractivity contribution in [3.05, 3.63) is 0 Å². The standard InChI is InChI=1S/C5H10O2.C2H4Cl2/c1-5(2,3)7-4-6;3-1-2-4/h4H,1-3H3;1-2H2. The van der Waals surface area contributed by atoms with Crippen LogP contribution in [0, 0.1) is 0 Å². The molecule has 0 radical (unpaired) electrons. The minimum absolute atomic E-state index is 0.318. The van der Waals surface area contributed by atoms with Crippen molar-refractivity contribution in [3.8, 4) is 0 Å². The molecule has 0 fully saturated rings. The average molecular weight is 201 g/mol. The predicted molar refractivity (Wildman–Crippen MR) is 48.3 cm³/mol. The third-order valence-electron chi connectivity index (χ3n) is 0.473. The molecular formula is C7H14Cl2O2. The number of alkyl halides is 2. The van der Waals surface area contributed by atoms with Crippen LogP contribution in [0.3, 0.4) is 0 Å². The van der Waals surface area contributed by atoms with Gasteiger partial charge in [-0.15, -0.1) is 23.2 Å². The summed E-state index contributed by atoms with van der Waals surface area (Å²) in [4.78, 5) is 9.60. The summed E-state index contributed by atoms with van der Waals surface area (Å²) in [6, 6.07) is 0. The summed E-state index contributed by atoms with van der Waals surface area (Å²) in [5, 5.41) is 0. The molecule has 0 aromatic heterocycles. The number of carbonyl (C=O) groups excluding carboxylic acids is 1. The Morgan fingerprint density at radius 1 is 1.27 bits per heavy atom. The quantitative estimate of drug-likeness (QED) is 0.506. The Bertz CT molecular complexity index is 86.9. The van der Waals surface area contributed by atoms with Crippen molar-refractivity contribution < 1.29 is 9.53 Å². The molecule has 0 aromatic carbocycles. The summed E-state index contributed by atoms with van der Waals surface area (Å²) in [6.45, 7) is 5.92. The molecule has 0 saturated heterocycles. The normalized spacial score (nSPS) is 9.55. The lowest BCUT2D eigenvalue weighted by molar-refractivity contribution is -0.138. The van der Waals surface area contributed by atoms with Gasteiger partial charge in [0, 0.05) is 11.8 Å². The van der Waals surface area contributed by atoms with Gasteiger partial charge in [0.15, 0.2) is 0 Å². The van der Waals surface area contributed by atoms with Crippen LogP contribution in [0.25, 0.3) is 0 Å². The molecule has 0 bridgehead atoms. The first kappa shape index (κ1) is 13.6. The van der Waals surface area contributed by atoms with Gasteiger partial charge in [-0.2, -0.15) is 0 Å². The second kappa shape index (κ2) is 8.15. The van der Waals surface area contributed by atoms with Crippen molar-refractivity contribution in [1.82, 2.24) is 0 Å². The molecule has 68 valence electrons. The van der Waals surface area contributed by atoms with E-state index < -0.39 is 0 Å². The van der Waals surface area contributed by atoms with E-state index in [-0.39, 0.29) is 5.60 Å². The zero-order valence-corrected chi connectivity index (χ0v) is 8.58. The third kappa shape index (κ3) is 25.5. The molecule has 0 rings (SSSR count). The van der Waals surface area contributed by atoms with E-state index in [1.807, 2.05) is 20.8 Å². The van der Waals surface area contributed by atoms with Gasteiger partial charge in [-0.1, -0.05) is 0 Å². The lowest BCUT2D eigenvalue weighted by Crippen LogP contribution is -2.17. The molecule has 0 heterocycles. The number of hydrogen-bond acceptors (Lipinski definition) is 2. The monoisotopic (exact) mass is 200 g/mol. The van der Waals surface area contributed by atoms with Crippen LogP contribution < -0.4 is 0 Å². The second-order valence-corrected chi connectivity index (χ2v) is 3.46. The van der Waals surface area contributed by atoms with Crippen molar-refractivity contribution in [2.45, 2.75) is 26.4 Å². The average Bonchev–Trinajstić information content (AvgIpc) is 1.86. The van der Waals surface area contributed by atoms with Crippen LogP contribution in [0.4, 0.5) is 0 Å². The van der Waals surface area contributed by atoms with Gasteiger partial charge in [-0.3, -0.25) is 4.79 Å². The molecule has 0 aliphatic rings. The van der Waals surface area contributed by atoms with Crippen LogP contribution in [-0.2, 0) is 9.53 Å². The first-order valence-corrected chi connectivity index (χ1v) is 4.28. The molecule has 2 nitrogen and oxygen atoms in total. The Labute approximate surface area is 77.8 Å². The van der Waals surface area contributed by atoms with Gasteiger partial charge in [0.1, 0.15) is 5.60 Å². The molecule has 0 N–H and O–H groups in total. The first-order chi connectivity index (χ1) is 4.97. The van der Waals surface area contributed by atoms with Crippen LogP contribution in [0.15, 0.2) is 0 Å². The minimum atomic E-state index is -0.318. The molecule has 11 heavy (non-hydrogen) atoms.